The number of benzene rings is 2. The van der Waals surface area contributed by atoms with Crippen LogP contribution in [-0.4, -0.2) is 41.8 Å². The molecule has 0 saturated carbocycles. The average Bonchev–Trinajstić information content (AvgIpc) is 3.20. The van der Waals surface area contributed by atoms with Crippen LogP contribution in [0.15, 0.2) is 36.4 Å². The van der Waals surface area contributed by atoms with Crippen LogP contribution in [0.2, 0.25) is 0 Å². The Morgan fingerprint density at radius 2 is 1.94 bits per heavy atom. The Morgan fingerprint density at radius 1 is 1.22 bits per heavy atom. The molecular weight excluding hydrogens is 415 g/mol. The number of hydrogen-bond acceptors (Lipinski definition) is 6. The maximum Gasteiger partial charge on any atom is 0.308 e. The Bertz CT molecular complexity index is 967. The summed E-state index contributed by atoms with van der Waals surface area (Å²) in [4.78, 5) is 11.5. The van der Waals surface area contributed by atoms with Crippen molar-refractivity contribution in [1.29, 1.82) is 0 Å². The summed E-state index contributed by atoms with van der Waals surface area (Å²) in [6, 6.07) is 8.03. The number of carbonyl (C=O) groups is 1. The summed E-state index contributed by atoms with van der Waals surface area (Å²) in [5.74, 6) is 0.473. The van der Waals surface area contributed by atoms with Gasteiger partial charge in [0.15, 0.2) is 11.5 Å². The van der Waals surface area contributed by atoms with Crippen LogP contribution in [0.25, 0.3) is 17.2 Å². The summed E-state index contributed by atoms with van der Waals surface area (Å²) in [6.45, 7) is 6.11. The first-order valence-corrected chi connectivity index (χ1v) is 10.7. The zero-order valence-electron chi connectivity index (χ0n) is 18.5. The van der Waals surface area contributed by atoms with Gasteiger partial charge in [-0.25, -0.2) is 4.39 Å². The van der Waals surface area contributed by atoms with Gasteiger partial charge in [0.05, 0.1) is 25.2 Å². The van der Waals surface area contributed by atoms with Gasteiger partial charge in [0.25, 0.3) is 0 Å². The van der Waals surface area contributed by atoms with E-state index in [2.05, 4.69) is 0 Å². The van der Waals surface area contributed by atoms with E-state index in [-0.39, 0.29) is 38.0 Å². The highest BCUT2D eigenvalue weighted by Crippen LogP contribution is 2.47. The van der Waals surface area contributed by atoms with Crippen LogP contribution in [0.4, 0.5) is 4.39 Å². The smallest absolute Gasteiger partial charge is 0.308 e. The highest BCUT2D eigenvalue weighted by atomic mass is 19.1. The summed E-state index contributed by atoms with van der Waals surface area (Å²) in [5.41, 5.74) is 3.30. The molecule has 32 heavy (non-hydrogen) atoms. The van der Waals surface area contributed by atoms with Crippen molar-refractivity contribution in [1.82, 2.24) is 0 Å². The van der Waals surface area contributed by atoms with Crippen LogP contribution in [0.5, 0.6) is 11.5 Å². The second kappa shape index (κ2) is 10.6. The lowest BCUT2D eigenvalue weighted by Crippen LogP contribution is -2.20. The molecule has 1 heterocycles. The minimum absolute atomic E-state index is 0.0112. The SMILES string of the molecule is CCOC(=O)CC(O)CC(O)/C=C/c1c(C(C)C)cc2c(c1-c1ccc(F)cc1)OCO2. The van der Waals surface area contributed by atoms with E-state index in [0.29, 0.717) is 11.5 Å². The Kier molecular flexibility index (Phi) is 7.88. The van der Waals surface area contributed by atoms with Gasteiger partial charge >= 0.3 is 5.97 Å². The maximum atomic E-state index is 13.5. The molecule has 2 aromatic rings. The summed E-state index contributed by atoms with van der Waals surface area (Å²) in [6.07, 6.45) is 1.16. The lowest BCUT2D eigenvalue weighted by Gasteiger charge is -2.18. The van der Waals surface area contributed by atoms with E-state index < -0.39 is 18.2 Å². The quantitative estimate of drug-likeness (QED) is 0.557. The molecule has 0 saturated heterocycles. The largest absolute Gasteiger partial charge is 0.466 e. The van der Waals surface area contributed by atoms with Gasteiger partial charge in [-0.2, -0.15) is 0 Å². The molecule has 0 spiro atoms. The number of carbonyl (C=O) groups excluding carboxylic acids is 1. The van der Waals surface area contributed by atoms with Crippen molar-refractivity contribution in [2.24, 2.45) is 0 Å². The van der Waals surface area contributed by atoms with Gasteiger partial charge in [-0.15, -0.1) is 0 Å². The van der Waals surface area contributed by atoms with Crippen molar-refractivity contribution in [3.8, 4) is 22.6 Å². The zero-order valence-corrected chi connectivity index (χ0v) is 18.5. The lowest BCUT2D eigenvalue weighted by atomic mass is 9.88. The van der Waals surface area contributed by atoms with E-state index in [0.717, 1.165) is 22.3 Å². The summed E-state index contributed by atoms with van der Waals surface area (Å²) >= 11 is 0. The van der Waals surface area contributed by atoms with Crippen molar-refractivity contribution in [3.05, 3.63) is 53.4 Å². The standard InChI is InChI=1S/C25H29FO6/c1-4-30-23(29)12-19(28)11-18(27)9-10-20-21(15(2)3)13-22-25(32-14-31-22)24(20)16-5-7-17(26)8-6-16/h5-10,13,15,18-19,27-28H,4,11-12,14H2,1-3H3/b10-9+. The number of esters is 1. The first kappa shape index (κ1) is 23.8. The fourth-order valence-corrected chi connectivity index (χ4v) is 3.70. The van der Waals surface area contributed by atoms with Gasteiger partial charge in [-0.3, -0.25) is 4.79 Å². The summed E-state index contributed by atoms with van der Waals surface area (Å²) in [7, 11) is 0. The van der Waals surface area contributed by atoms with Gasteiger partial charge in [0.1, 0.15) is 5.82 Å². The molecule has 0 aliphatic carbocycles. The molecule has 2 aromatic carbocycles. The van der Waals surface area contributed by atoms with Crippen molar-refractivity contribution < 1.29 is 33.6 Å². The molecule has 0 amide bonds. The second-order valence-corrected chi connectivity index (χ2v) is 7.97. The summed E-state index contributed by atoms with van der Waals surface area (Å²) < 4.78 is 29.7. The fraction of sp³-hybridized carbons (Fsp3) is 0.400. The Labute approximate surface area is 187 Å². The van der Waals surface area contributed by atoms with Crippen LogP contribution in [0, 0.1) is 5.82 Å². The molecule has 7 heteroatoms. The fourth-order valence-electron chi connectivity index (χ4n) is 3.70. The molecule has 0 fully saturated rings. The molecule has 1 aliphatic heterocycles. The van der Waals surface area contributed by atoms with Gasteiger partial charge in [-0.1, -0.05) is 38.1 Å². The topological polar surface area (TPSA) is 85.2 Å². The minimum Gasteiger partial charge on any atom is -0.466 e. The number of rotatable bonds is 9. The molecule has 172 valence electrons. The molecule has 2 unspecified atom stereocenters. The van der Waals surface area contributed by atoms with Gasteiger partial charge in [-0.05, 0) is 47.7 Å². The van der Waals surface area contributed by atoms with Crippen molar-refractivity contribution in [3.63, 3.8) is 0 Å². The van der Waals surface area contributed by atoms with E-state index in [9.17, 15) is 19.4 Å². The van der Waals surface area contributed by atoms with Gasteiger partial charge in [0.2, 0.25) is 6.79 Å². The maximum absolute atomic E-state index is 13.5. The molecule has 3 rings (SSSR count). The van der Waals surface area contributed by atoms with E-state index in [1.807, 2.05) is 19.9 Å². The van der Waals surface area contributed by atoms with Crippen LogP contribution >= 0.6 is 0 Å². The number of hydrogen-bond donors (Lipinski definition) is 2. The molecule has 6 nitrogen and oxygen atoms in total. The molecule has 0 bridgehead atoms. The van der Waals surface area contributed by atoms with Crippen LogP contribution in [0.1, 0.15) is 50.7 Å². The minimum atomic E-state index is -1.02. The summed E-state index contributed by atoms with van der Waals surface area (Å²) in [5, 5.41) is 20.5. The monoisotopic (exact) mass is 444 g/mol. The molecular formula is C25H29FO6. The van der Waals surface area contributed by atoms with Crippen molar-refractivity contribution in [2.45, 2.75) is 51.7 Å². The Morgan fingerprint density at radius 3 is 2.59 bits per heavy atom. The molecule has 0 radical (unpaired) electrons. The normalized spacial score (nSPS) is 14.7. The van der Waals surface area contributed by atoms with E-state index in [1.54, 1.807) is 31.2 Å². The lowest BCUT2D eigenvalue weighted by molar-refractivity contribution is -0.145. The Balaban J connectivity index is 1.94. The van der Waals surface area contributed by atoms with Crippen molar-refractivity contribution >= 4 is 12.0 Å². The highest BCUT2D eigenvalue weighted by molar-refractivity contribution is 5.85. The number of ether oxygens (including phenoxy) is 3. The third-order valence-electron chi connectivity index (χ3n) is 5.20. The Hall–Kier alpha value is -2.90. The van der Waals surface area contributed by atoms with Crippen LogP contribution in [0.3, 0.4) is 0 Å². The average molecular weight is 444 g/mol. The highest BCUT2D eigenvalue weighted by Gasteiger charge is 2.25. The van der Waals surface area contributed by atoms with Crippen molar-refractivity contribution in [2.75, 3.05) is 13.4 Å². The number of halogens is 1. The number of aliphatic hydroxyl groups is 2. The zero-order chi connectivity index (χ0) is 23.3. The molecule has 0 aromatic heterocycles. The third-order valence-corrected chi connectivity index (χ3v) is 5.20. The first-order chi connectivity index (χ1) is 15.3. The van der Waals surface area contributed by atoms with Crippen LogP contribution < -0.4 is 9.47 Å². The van der Waals surface area contributed by atoms with Gasteiger partial charge in [0, 0.05) is 12.0 Å². The van der Waals surface area contributed by atoms with Crippen LogP contribution in [-0.2, 0) is 9.53 Å². The van der Waals surface area contributed by atoms with E-state index in [1.165, 1.54) is 12.1 Å². The van der Waals surface area contributed by atoms with E-state index >= 15 is 0 Å². The molecule has 1 aliphatic rings. The third kappa shape index (κ3) is 5.66. The van der Waals surface area contributed by atoms with E-state index in [4.69, 9.17) is 14.2 Å². The number of fused-ring (bicyclic) bond motifs is 1. The number of aliphatic hydroxyl groups excluding tert-OH is 2. The predicted octanol–water partition coefficient (Wildman–Crippen LogP) is 4.42. The second-order valence-electron chi connectivity index (χ2n) is 7.97. The predicted molar refractivity (Wildman–Crippen MR) is 119 cm³/mol. The first-order valence-electron chi connectivity index (χ1n) is 10.7. The molecule has 2 atom stereocenters. The molecule has 2 N–H and O–H groups in total. The van der Waals surface area contributed by atoms with Gasteiger partial charge < -0.3 is 24.4 Å².